The minimum atomic E-state index is -0.188. The highest BCUT2D eigenvalue weighted by Crippen LogP contribution is 2.56. The number of imide groups is 1. The molecule has 5 aliphatic heterocycles. The number of benzene rings is 4. The first-order valence-electron chi connectivity index (χ1n) is 21.7. The quantitative estimate of drug-likeness (QED) is 0.177. The van der Waals surface area contributed by atoms with E-state index in [1.807, 2.05) is 30.3 Å². The molecule has 0 aromatic heterocycles. The fraction of sp³-hybridized carbons (Fsp3) is 0.449. The molecule has 2 spiro atoms. The second-order valence-corrected chi connectivity index (χ2v) is 18.4. The Labute approximate surface area is 350 Å². The number of phenolic OH excluding ortho intramolecular Hbond substituents is 1. The predicted octanol–water partition coefficient (Wildman–Crippen LogP) is 7.10. The Morgan fingerprint density at radius 2 is 1.68 bits per heavy atom. The topological polar surface area (TPSA) is 120 Å². The van der Waals surface area contributed by atoms with Crippen molar-refractivity contribution < 1.29 is 33.4 Å². The lowest BCUT2D eigenvalue weighted by Crippen LogP contribution is -2.64. The molecule has 0 bridgehead atoms. The van der Waals surface area contributed by atoms with Gasteiger partial charge in [-0.05, 0) is 111 Å². The van der Waals surface area contributed by atoms with Crippen LogP contribution in [0.2, 0.25) is 0 Å². The Morgan fingerprint density at radius 1 is 0.917 bits per heavy atom. The van der Waals surface area contributed by atoms with Crippen molar-refractivity contribution in [2.24, 2.45) is 11.3 Å². The van der Waals surface area contributed by atoms with E-state index in [0.717, 1.165) is 104 Å². The molecule has 10 nitrogen and oxygen atoms in total. The van der Waals surface area contributed by atoms with E-state index in [-0.39, 0.29) is 52.0 Å². The van der Waals surface area contributed by atoms with Crippen LogP contribution in [0.4, 0.5) is 10.1 Å². The Bertz CT molecular complexity index is 2330. The lowest BCUT2D eigenvalue weighted by molar-refractivity contribution is -0.132. The van der Waals surface area contributed by atoms with E-state index in [9.17, 15) is 19.5 Å². The van der Waals surface area contributed by atoms with Gasteiger partial charge in [0, 0.05) is 84.1 Å². The van der Waals surface area contributed by atoms with E-state index in [1.54, 1.807) is 19.2 Å². The number of ether oxygens (including phenoxy) is 2. The summed E-state index contributed by atoms with van der Waals surface area (Å²) in [6.45, 7) is 6.35. The van der Waals surface area contributed by atoms with Crippen LogP contribution in [0.1, 0.15) is 107 Å². The number of methoxy groups -OCH3 is 1. The highest BCUT2D eigenvalue weighted by molar-refractivity contribution is 5.99. The van der Waals surface area contributed by atoms with Crippen LogP contribution >= 0.6 is 0 Å². The molecule has 4 aromatic rings. The molecule has 3 amide bonds. The Kier molecular flexibility index (Phi) is 9.85. The number of likely N-dealkylation sites (tertiary alicyclic amines) is 1. The number of fused-ring (bicyclic) bond motifs is 5. The summed E-state index contributed by atoms with van der Waals surface area (Å²) in [6, 6.07) is 24.0. The third-order valence-corrected chi connectivity index (χ3v) is 14.7. The maximum atomic E-state index is 16.3. The highest BCUT2D eigenvalue weighted by Gasteiger charge is 2.53. The number of nitrogens with one attached hydrogen (secondary N) is 2. The third-order valence-electron chi connectivity index (χ3n) is 14.7. The van der Waals surface area contributed by atoms with Gasteiger partial charge < -0.3 is 29.7 Å². The summed E-state index contributed by atoms with van der Waals surface area (Å²) in [5, 5.41) is 15.4. The molecular formula is C49H53FN4O6. The fourth-order valence-corrected chi connectivity index (χ4v) is 11.7. The molecule has 3 saturated heterocycles. The average Bonchev–Trinajstić information content (AvgIpc) is 3.79. The lowest BCUT2D eigenvalue weighted by Gasteiger charge is -2.60. The summed E-state index contributed by atoms with van der Waals surface area (Å²) in [5.74, 6) is 2.28. The second-order valence-electron chi connectivity index (χ2n) is 18.4. The van der Waals surface area contributed by atoms with Gasteiger partial charge in [0.2, 0.25) is 11.8 Å². The zero-order valence-electron chi connectivity index (χ0n) is 34.2. The largest absolute Gasteiger partial charge is 0.508 e. The number of carbonyl (C=O) groups is 3. The van der Waals surface area contributed by atoms with Crippen LogP contribution < -0.4 is 25.0 Å². The average molecular weight is 813 g/mol. The Morgan fingerprint density at radius 3 is 2.40 bits per heavy atom. The summed E-state index contributed by atoms with van der Waals surface area (Å²) in [7, 11) is 1.69. The number of hydrogen-bond acceptors (Lipinski definition) is 8. The molecule has 60 heavy (non-hydrogen) atoms. The van der Waals surface area contributed by atoms with E-state index in [0.29, 0.717) is 37.4 Å². The normalized spacial score (nSPS) is 23.6. The van der Waals surface area contributed by atoms with Gasteiger partial charge in [-0.25, -0.2) is 4.39 Å². The van der Waals surface area contributed by atoms with Crippen molar-refractivity contribution in [3.05, 3.63) is 118 Å². The Hall–Kier alpha value is -5.42. The summed E-state index contributed by atoms with van der Waals surface area (Å²) < 4.78 is 28.6. The van der Waals surface area contributed by atoms with Crippen molar-refractivity contribution in [3.63, 3.8) is 0 Å². The van der Waals surface area contributed by atoms with E-state index in [4.69, 9.17) is 9.47 Å². The molecule has 11 rings (SSSR count). The van der Waals surface area contributed by atoms with Crippen LogP contribution in [-0.4, -0.2) is 74.2 Å². The molecule has 2 aliphatic carbocycles. The van der Waals surface area contributed by atoms with Crippen molar-refractivity contribution in [1.29, 1.82) is 0 Å². The number of aromatic hydroxyl groups is 1. The molecular weight excluding hydrogens is 760 g/mol. The minimum Gasteiger partial charge on any atom is -0.508 e. The number of phenols is 1. The van der Waals surface area contributed by atoms with Crippen LogP contribution in [0, 0.1) is 17.2 Å². The smallest absolute Gasteiger partial charge is 0.252 e. The van der Waals surface area contributed by atoms with Gasteiger partial charge in [-0.3, -0.25) is 19.7 Å². The number of halogens is 1. The van der Waals surface area contributed by atoms with Crippen LogP contribution in [0.25, 0.3) is 0 Å². The number of hydrogen-bond donors (Lipinski definition) is 3. The highest BCUT2D eigenvalue weighted by atomic mass is 19.1. The van der Waals surface area contributed by atoms with Gasteiger partial charge in [-0.15, -0.1) is 0 Å². The van der Waals surface area contributed by atoms with E-state index in [2.05, 4.69) is 50.8 Å². The van der Waals surface area contributed by atoms with Crippen molar-refractivity contribution in [3.8, 4) is 17.2 Å². The Balaban J connectivity index is 0.000000488. The number of nitrogens with zero attached hydrogens (tertiary/aromatic N) is 2. The molecule has 2 atom stereocenters. The van der Waals surface area contributed by atoms with Crippen LogP contribution in [-0.2, 0) is 28.0 Å². The first kappa shape index (κ1) is 38.8. The van der Waals surface area contributed by atoms with Gasteiger partial charge >= 0.3 is 0 Å². The molecule has 4 aromatic carbocycles. The zero-order valence-corrected chi connectivity index (χ0v) is 34.2. The van der Waals surface area contributed by atoms with E-state index in [1.165, 1.54) is 24.0 Å². The van der Waals surface area contributed by atoms with Crippen molar-refractivity contribution in [2.45, 2.75) is 81.6 Å². The monoisotopic (exact) mass is 812 g/mol. The number of aryl methyl sites for hydroxylation is 1. The first-order chi connectivity index (χ1) is 29.1. The summed E-state index contributed by atoms with van der Waals surface area (Å²) >= 11 is 0. The van der Waals surface area contributed by atoms with Crippen molar-refractivity contribution >= 4 is 23.4 Å². The van der Waals surface area contributed by atoms with Crippen LogP contribution in [0.15, 0.2) is 72.8 Å². The molecule has 4 fully saturated rings. The van der Waals surface area contributed by atoms with E-state index >= 15 is 4.39 Å². The van der Waals surface area contributed by atoms with Gasteiger partial charge in [-0.1, -0.05) is 42.5 Å². The van der Waals surface area contributed by atoms with Crippen LogP contribution in [0.5, 0.6) is 17.2 Å². The maximum Gasteiger partial charge on any atom is 0.252 e. The number of amides is 3. The fourth-order valence-electron chi connectivity index (χ4n) is 11.7. The van der Waals surface area contributed by atoms with E-state index < -0.39 is 0 Å². The standard InChI is InChI=1S/C44H46FN3O4.C5H7NO2/c1-51-39-19-38(37(45)18-34(39)40-31(28-5-3-2-4-6-28)9-7-29-17-30(49)8-10-32(29)40)48-24-43(25-48)20-27(21-43)23-47-15-13-44(14-16-47)26-52-41-35-22-46-42(50)33(35)11-12-36(41)44;7-4-2-1-3-5(8)6-4/h2-6,8,10-12,17-19,27,31,40,49H,7,9,13-16,20-26H2,1H3,(H,46,50);1-3H2,(H,6,7,8). The number of carbonyl (C=O) groups excluding carboxylic acids is 3. The summed E-state index contributed by atoms with van der Waals surface area (Å²) in [6.07, 6.45) is 8.08. The third kappa shape index (κ3) is 6.88. The van der Waals surface area contributed by atoms with Crippen molar-refractivity contribution in [1.82, 2.24) is 15.5 Å². The number of piperidine rings is 2. The SMILES string of the molecule is COc1cc(N2CC3(CC(CN4CCC5(CC4)COc4c5ccc5c4CNC5=O)C3)C2)c(F)cc1C1c2ccc(O)cc2CCC1c1ccccc1.O=C1CCCC(=O)N1. The van der Waals surface area contributed by atoms with Gasteiger partial charge in [0.15, 0.2) is 0 Å². The van der Waals surface area contributed by atoms with Gasteiger partial charge in [-0.2, -0.15) is 0 Å². The number of anilines is 1. The van der Waals surface area contributed by atoms with Gasteiger partial charge in [0.25, 0.3) is 5.91 Å². The summed E-state index contributed by atoms with van der Waals surface area (Å²) in [4.78, 5) is 37.7. The first-order valence-corrected chi connectivity index (χ1v) is 21.7. The minimum absolute atomic E-state index is 0.00861. The predicted molar refractivity (Wildman–Crippen MR) is 225 cm³/mol. The molecule has 11 heteroatoms. The van der Waals surface area contributed by atoms with Gasteiger partial charge in [0.1, 0.15) is 23.1 Å². The molecule has 2 unspecified atom stereocenters. The molecule has 7 aliphatic rings. The molecule has 0 radical (unpaired) electrons. The molecule has 312 valence electrons. The number of rotatable bonds is 6. The van der Waals surface area contributed by atoms with Crippen molar-refractivity contribution in [2.75, 3.05) is 51.3 Å². The van der Waals surface area contributed by atoms with Gasteiger partial charge in [0.05, 0.1) is 19.4 Å². The second kappa shape index (κ2) is 15.2. The molecule has 3 N–H and O–H groups in total. The maximum absolute atomic E-state index is 16.3. The van der Waals surface area contributed by atoms with Crippen LogP contribution in [0.3, 0.4) is 0 Å². The lowest BCUT2D eigenvalue weighted by atomic mass is 9.57. The zero-order chi connectivity index (χ0) is 41.2. The summed E-state index contributed by atoms with van der Waals surface area (Å²) in [5.41, 5.74) is 8.46. The molecule has 1 saturated carbocycles. The molecule has 5 heterocycles.